The van der Waals surface area contributed by atoms with Crippen LogP contribution in [0.3, 0.4) is 0 Å². The van der Waals surface area contributed by atoms with Crippen LogP contribution in [0.1, 0.15) is 13.8 Å². The Balaban J connectivity index is 1.36. The number of rotatable bonds is 5. The zero-order valence-electron chi connectivity index (χ0n) is 16.4. The van der Waals surface area contributed by atoms with E-state index in [-0.39, 0.29) is 0 Å². The number of carbonyl (C=O) groups excluding carboxylic acids is 2. The summed E-state index contributed by atoms with van der Waals surface area (Å²) in [4.78, 5) is 29.4. The number of ether oxygens (including phenoxy) is 3. The number of benzene rings is 2. The molecule has 0 saturated carbocycles. The first-order chi connectivity index (χ1) is 14.5. The summed E-state index contributed by atoms with van der Waals surface area (Å²) in [7, 11) is 0. The molecule has 1 N–H and O–H groups in total. The Bertz CT molecular complexity index is 1050. The molecule has 0 spiro atoms. The molecule has 0 radical (unpaired) electrons. The van der Waals surface area contributed by atoms with Gasteiger partial charge in [0.2, 0.25) is 6.10 Å². The zero-order chi connectivity index (χ0) is 21.1. The number of nitrogens with one attached hydrogen (secondary N) is 1. The summed E-state index contributed by atoms with van der Waals surface area (Å²) in [6.07, 6.45) is -2.52. The van der Waals surface area contributed by atoms with Crippen molar-refractivity contribution < 1.29 is 23.8 Å². The lowest BCUT2D eigenvalue weighted by Gasteiger charge is -2.30. The van der Waals surface area contributed by atoms with Crippen molar-refractivity contribution in [1.29, 1.82) is 0 Å². The lowest BCUT2D eigenvalue weighted by Crippen LogP contribution is -2.46. The molecule has 154 valence electrons. The predicted octanol–water partition coefficient (Wildman–Crippen LogP) is 3.91. The summed E-state index contributed by atoms with van der Waals surface area (Å²) >= 11 is 1.30. The number of thiazole rings is 1. The van der Waals surface area contributed by atoms with Crippen LogP contribution in [0, 0.1) is 0 Å². The van der Waals surface area contributed by atoms with Gasteiger partial charge in [-0.3, -0.25) is 10.1 Å². The van der Waals surface area contributed by atoms with Crippen molar-refractivity contribution in [2.75, 3.05) is 5.32 Å². The van der Waals surface area contributed by atoms with Crippen molar-refractivity contribution >= 4 is 28.3 Å². The molecule has 0 bridgehead atoms. The molecule has 3 unspecified atom stereocenters. The molecule has 7 nitrogen and oxygen atoms in total. The van der Waals surface area contributed by atoms with Gasteiger partial charge in [0.25, 0.3) is 5.91 Å². The lowest BCUT2D eigenvalue weighted by molar-refractivity contribution is -0.165. The SMILES string of the molecule is CC(OC(=O)C1Oc2ccccc2OC1C)C(=O)Nc1nc(-c2ccccc2)cs1. The Morgan fingerprint density at radius 3 is 2.47 bits per heavy atom. The summed E-state index contributed by atoms with van der Waals surface area (Å²) < 4.78 is 16.8. The average Bonchev–Trinajstić information content (AvgIpc) is 3.22. The van der Waals surface area contributed by atoms with Crippen LogP contribution in [-0.2, 0) is 14.3 Å². The number of para-hydroxylation sites is 2. The van der Waals surface area contributed by atoms with Crippen molar-refractivity contribution in [1.82, 2.24) is 4.98 Å². The molecule has 2 heterocycles. The molecular weight excluding hydrogens is 404 g/mol. The minimum Gasteiger partial charge on any atom is -0.482 e. The van der Waals surface area contributed by atoms with E-state index in [1.807, 2.05) is 41.8 Å². The minimum atomic E-state index is -1.02. The van der Waals surface area contributed by atoms with Crippen molar-refractivity contribution in [3.63, 3.8) is 0 Å². The predicted molar refractivity (Wildman–Crippen MR) is 113 cm³/mol. The molecular formula is C22H20N2O5S. The van der Waals surface area contributed by atoms with E-state index < -0.39 is 30.2 Å². The van der Waals surface area contributed by atoms with E-state index in [2.05, 4.69) is 10.3 Å². The Morgan fingerprint density at radius 1 is 1.07 bits per heavy atom. The molecule has 30 heavy (non-hydrogen) atoms. The molecule has 1 aliphatic heterocycles. The maximum Gasteiger partial charge on any atom is 0.352 e. The molecule has 0 fully saturated rings. The Morgan fingerprint density at radius 2 is 1.73 bits per heavy atom. The van der Waals surface area contributed by atoms with Crippen molar-refractivity contribution in [3.05, 3.63) is 60.0 Å². The van der Waals surface area contributed by atoms with Crippen LogP contribution in [0.5, 0.6) is 11.5 Å². The Kier molecular flexibility index (Phi) is 5.67. The van der Waals surface area contributed by atoms with Crippen LogP contribution in [0.25, 0.3) is 11.3 Å². The third kappa shape index (κ3) is 4.28. The maximum atomic E-state index is 12.6. The van der Waals surface area contributed by atoms with Crippen LogP contribution in [0.2, 0.25) is 0 Å². The maximum absolute atomic E-state index is 12.6. The molecule has 4 rings (SSSR count). The van der Waals surface area contributed by atoms with Gasteiger partial charge in [0.05, 0.1) is 5.69 Å². The molecule has 1 aromatic heterocycles. The summed E-state index contributed by atoms with van der Waals surface area (Å²) in [6.45, 7) is 3.22. The summed E-state index contributed by atoms with van der Waals surface area (Å²) in [6, 6.07) is 16.7. The lowest BCUT2D eigenvalue weighted by atomic mass is 10.2. The van der Waals surface area contributed by atoms with E-state index in [4.69, 9.17) is 14.2 Å². The first-order valence-corrected chi connectivity index (χ1v) is 10.3. The molecule has 0 aliphatic carbocycles. The molecule has 3 aromatic rings. The van der Waals surface area contributed by atoms with Gasteiger partial charge in [0, 0.05) is 10.9 Å². The summed E-state index contributed by atoms with van der Waals surface area (Å²) in [5.74, 6) is -0.102. The monoisotopic (exact) mass is 424 g/mol. The number of hydrogen-bond acceptors (Lipinski definition) is 7. The van der Waals surface area contributed by atoms with Gasteiger partial charge in [-0.25, -0.2) is 9.78 Å². The van der Waals surface area contributed by atoms with Crippen molar-refractivity contribution in [2.24, 2.45) is 0 Å². The number of anilines is 1. The molecule has 1 aliphatic rings. The number of aromatic nitrogens is 1. The summed E-state index contributed by atoms with van der Waals surface area (Å²) in [5.41, 5.74) is 1.72. The quantitative estimate of drug-likeness (QED) is 0.625. The van der Waals surface area contributed by atoms with Crippen LogP contribution >= 0.6 is 11.3 Å². The van der Waals surface area contributed by atoms with E-state index in [0.717, 1.165) is 11.3 Å². The third-order valence-corrected chi connectivity index (χ3v) is 5.30. The second-order valence-electron chi connectivity index (χ2n) is 6.78. The third-order valence-electron chi connectivity index (χ3n) is 4.54. The van der Waals surface area contributed by atoms with Crippen LogP contribution < -0.4 is 14.8 Å². The van der Waals surface area contributed by atoms with Gasteiger partial charge in [-0.05, 0) is 26.0 Å². The van der Waals surface area contributed by atoms with Gasteiger partial charge in [-0.2, -0.15) is 0 Å². The van der Waals surface area contributed by atoms with Gasteiger partial charge >= 0.3 is 5.97 Å². The first kappa shape index (κ1) is 19.9. The van der Waals surface area contributed by atoms with Crippen LogP contribution in [0.4, 0.5) is 5.13 Å². The molecule has 8 heteroatoms. The zero-order valence-corrected chi connectivity index (χ0v) is 17.2. The van der Waals surface area contributed by atoms with Gasteiger partial charge in [-0.15, -0.1) is 11.3 Å². The number of carbonyl (C=O) groups is 2. The highest BCUT2D eigenvalue weighted by Crippen LogP contribution is 2.33. The number of fused-ring (bicyclic) bond motifs is 1. The van der Waals surface area contributed by atoms with Gasteiger partial charge in [0.1, 0.15) is 6.10 Å². The number of hydrogen-bond donors (Lipinski definition) is 1. The van der Waals surface area contributed by atoms with Crippen molar-refractivity contribution in [3.8, 4) is 22.8 Å². The fraction of sp³-hybridized carbons (Fsp3) is 0.227. The topological polar surface area (TPSA) is 86.8 Å². The van der Waals surface area contributed by atoms with Gasteiger partial charge < -0.3 is 14.2 Å². The minimum absolute atomic E-state index is 0.432. The van der Waals surface area contributed by atoms with Crippen molar-refractivity contribution in [2.45, 2.75) is 32.2 Å². The number of amides is 1. The average molecular weight is 424 g/mol. The normalized spacial score (nSPS) is 18.3. The van der Waals surface area contributed by atoms with Gasteiger partial charge in [-0.1, -0.05) is 42.5 Å². The molecule has 0 saturated heterocycles. The fourth-order valence-corrected chi connectivity index (χ4v) is 3.68. The standard InChI is InChI=1S/C22H20N2O5S/c1-13-19(29-18-11-7-6-10-17(18)27-13)21(26)28-14(2)20(25)24-22-23-16(12-30-22)15-8-4-3-5-9-15/h3-14,19H,1-2H3,(H,23,24,25). The van der Waals surface area contributed by atoms with E-state index in [1.165, 1.54) is 18.3 Å². The number of esters is 1. The highest BCUT2D eigenvalue weighted by Gasteiger charge is 2.37. The van der Waals surface area contributed by atoms with E-state index in [0.29, 0.717) is 16.6 Å². The molecule has 2 aromatic carbocycles. The second-order valence-corrected chi connectivity index (χ2v) is 7.64. The van der Waals surface area contributed by atoms with Crippen LogP contribution in [-0.4, -0.2) is 35.2 Å². The van der Waals surface area contributed by atoms with E-state index >= 15 is 0 Å². The highest BCUT2D eigenvalue weighted by molar-refractivity contribution is 7.14. The molecule has 1 amide bonds. The molecule has 3 atom stereocenters. The fourth-order valence-electron chi connectivity index (χ4n) is 2.95. The first-order valence-electron chi connectivity index (χ1n) is 9.46. The van der Waals surface area contributed by atoms with Crippen LogP contribution in [0.15, 0.2) is 60.0 Å². The summed E-state index contributed by atoms with van der Waals surface area (Å²) in [5, 5.41) is 4.97. The smallest absolute Gasteiger partial charge is 0.352 e. The Labute approximate surface area is 177 Å². The van der Waals surface area contributed by atoms with Gasteiger partial charge in [0.15, 0.2) is 22.7 Å². The van der Waals surface area contributed by atoms with E-state index in [9.17, 15) is 9.59 Å². The van der Waals surface area contributed by atoms with E-state index in [1.54, 1.807) is 25.1 Å². The number of nitrogens with zero attached hydrogens (tertiary/aromatic N) is 1. The largest absolute Gasteiger partial charge is 0.482 e. The highest BCUT2D eigenvalue weighted by atomic mass is 32.1. The second kappa shape index (κ2) is 8.54. The Hall–Kier alpha value is -3.39.